The van der Waals surface area contributed by atoms with Crippen molar-refractivity contribution in [1.82, 2.24) is 5.32 Å². The third kappa shape index (κ3) is 7.10. The number of amides is 1. The number of alkyl halides is 3. The molecule has 7 heteroatoms. The van der Waals surface area contributed by atoms with Crippen molar-refractivity contribution in [2.75, 3.05) is 25.6 Å². The number of ether oxygens (including phenoxy) is 1. The fourth-order valence-electron chi connectivity index (χ4n) is 1.63. The van der Waals surface area contributed by atoms with Crippen molar-refractivity contribution >= 4 is 11.6 Å². The maximum absolute atomic E-state index is 11.8. The van der Waals surface area contributed by atoms with Crippen LogP contribution in [0.2, 0.25) is 0 Å². The van der Waals surface area contributed by atoms with Crippen molar-refractivity contribution in [2.45, 2.75) is 25.6 Å². The summed E-state index contributed by atoms with van der Waals surface area (Å²) in [6.45, 7) is 0.374. The van der Waals surface area contributed by atoms with E-state index in [1.54, 1.807) is 12.1 Å². The number of hydrogen-bond donors (Lipinski definition) is 2. The van der Waals surface area contributed by atoms with Crippen molar-refractivity contribution in [3.8, 4) is 0 Å². The Labute approximate surface area is 121 Å². The van der Waals surface area contributed by atoms with Gasteiger partial charge in [0.15, 0.2) is 0 Å². The summed E-state index contributed by atoms with van der Waals surface area (Å²) in [5.41, 5.74) is 1.61. The van der Waals surface area contributed by atoms with E-state index in [2.05, 4.69) is 15.4 Å². The SMILES string of the molecule is CNC(C)c1cccc(NC(=O)CCOCC(F)(F)F)c1. The van der Waals surface area contributed by atoms with E-state index in [0.717, 1.165) is 5.56 Å². The molecule has 0 spiro atoms. The monoisotopic (exact) mass is 304 g/mol. The van der Waals surface area contributed by atoms with Crippen LogP contribution in [0.3, 0.4) is 0 Å². The van der Waals surface area contributed by atoms with Crippen LogP contribution in [0.15, 0.2) is 24.3 Å². The molecule has 0 heterocycles. The molecule has 0 bridgehead atoms. The zero-order valence-corrected chi connectivity index (χ0v) is 12.0. The van der Waals surface area contributed by atoms with Crippen LogP contribution in [0.25, 0.3) is 0 Å². The van der Waals surface area contributed by atoms with Crippen molar-refractivity contribution in [3.63, 3.8) is 0 Å². The summed E-state index contributed by atoms with van der Waals surface area (Å²) in [6, 6.07) is 7.40. The molecule has 1 unspecified atom stereocenters. The summed E-state index contributed by atoms with van der Waals surface area (Å²) in [5.74, 6) is -0.383. The molecule has 0 saturated carbocycles. The average Bonchev–Trinajstić information content (AvgIpc) is 2.42. The molecule has 0 aromatic heterocycles. The lowest BCUT2D eigenvalue weighted by molar-refractivity contribution is -0.174. The predicted octanol–water partition coefficient (Wildman–Crippen LogP) is 2.87. The van der Waals surface area contributed by atoms with Gasteiger partial charge >= 0.3 is 6.18 Å². The van der Waals surface area contributed by atoms with Crippen molar-refractivity contribution in [1.29, 1.82) is 0 Å². The Hall–Kier alpha value is -1.60. The predicted molar refractivity (Wildman–Crippen MR) is 74.0 cm³/mol. The molecule has 1 aromatic carbocycles. The summed E-state index contributed by atoms with van der Waals surface area (Å²) < 4.78 is 39.9. The lowest BCUT2D eigenvalue weighted by Gasteiger charge is -2.13. The number of hydrogen-bond acceptors (Lipinski definition) is 3. The number of anilines is 1. The number of carbonyl (C=O) groups is 1. The Bertz CT molecular complexity index is 464. The second kappa shape index (κ2) is 7.99. The van der Waals surface area contributed by atoms with E-state index >= 15 is 0 Å². The van der Waals surface area contributed by atoms with Crippen LogP contribution < -0.4 is 10.6 Å². The first-order valence-electron chi connectivity index (χ1n) is 6.53. The zero-order chi connectivity index (χ0) is 15.9. The van der Waals surface area contributed by atoms with Gasteiger partial charge in [-0.05, 0) is 31.7 Å². The first-order chi connectivity index (χ1) is 9.81. The molecule has 1 aromatic rings. The van der Waals surface area contributed by atoms with Crippen molar-refractivity contribution in [3.05, 3.63) is 29.8 Å². The normalized spacial score (nSPS) is 13.0. The standard InChI is InChI=1S/C14H19F3N2O2/c1-10(18-2)11-4-3-5-12(8-11)19-13(20)6-7-21-9-14(15,16)17/h3-5,8,10,18H,6-7,9H2,1-2H3,(H,19,20). The topological polar surface area (TPSA) is 50.4 Å². The van der Waals surface area contributed by atoms with E-state index in [9.17, 15) is 18.0 Å². The quantitative estimate of drug-likeness (QED) is 0.762. The maximum Gasteiger partial charge on any atom is 0.411 e. The van der Waals surface area contributed by atoms with Crippen LogP contribution in [-0.2, 0) is 9.53 Å². The number of halogens is 3. The minimum atomic E-state index is -4.37. The fourth-order valence-corrected chi connectivity index (χ4v) is 1.63. The molecule has 0 saturated heterocycles. The summed E-state index contributed by atoms with van der Waals surface area (Å²) in [7, 11) is 1.83. The van der Waals surface area contributed by atoms with Gasteiger partial charge in [0.2, 0.25) is 5.91 Å². The fraction of sp³-hybridized carbons (Fsp3) is 0.500. The highest BCUT2D eigenvalue weighted by Gasteiger charge is 2.27. The smallest absolute Gasteiger partial charge is 0.372 e. The van der Waals surface area contributed by atoms with Gasteiger partial charge in [-0.15, -0.1) is 0 Å². The summed E-state index contributed by atoms with van der Waals surface area (Å²) in [6.07, 6.45) is -4.49. The van der Waals surface area contributed by atoms with E-state index in [-0.39, 0.29) is 25.0 Å². The highest BCUT2D eigenvalue weighted by molar-refractivity contribution is 5.90. The number of carbonyl (C=O) groups excluding carboxylic acids is 1. The van der Waals surface area contributed by atoms with Gasteiger partial charge in [-0.2, -0.15) is 13.2 Å². The lowest BCUT2D eigenvalue weighted by Crippen LogP contribution is -2.20. The first kappa shape index (κ1) is 17.5. The van der Waals surface area contributed by atoms with Gasteiger partial charge in [-0.25, -0.2) is 0 Å². The maximum atomic E-state index is 11.8. The van der Waals surface area contributed by atoms with Crippen LogP contribution in [0.4, 0.5) is 18.9 Å². The molecule has 2 N–H and O–H groups in total. The van der Waals surface area contributed by atoms with E-state index in [4.69, 9.17) is 0 Å². The Kier molecular flexibility index (Phi) is 6.64. The Morgan fingerprint density at radius 2 is 2.10 bits per heavy atom. The van der Waals surface area contributed by atoms with Gasteiger partial charge in [0, 0.05) is 11.7 Å². The van der Waals surface area contributed by atoms with E-state index in [1.807, 2.05) is 26.1 Å². The largest absolute Gasteiger partial charge is 0.411 e. The first-order valence-corrected chi connectivity index (χ1v) is 6.53. The van der Waals surface area contributed by atoms with Crippen LogP contribution in [-0.4, -0.2) is 32.3 Å². The van der Waals surface area contributed by atoms with Gasteiger partial charge in [-0.3, -0.25) is 4.79 Å². The zero-order valence-electron chi connectivity index (χ0n) is 12.0. The van der Waals surface area contributed by atoms with Gasteiger partial charge < -0.3 is 15.4 Å². The molecule has 0 radical (unpaired) electrons. The van der Waals surface area contributed by atoms with E-state index in [1.165, 1.54) is 0 Å². The Morgan fingerprint density at radius 3 is 2.71 bits per heavy atom. The summed E-state index contributed by atoms with van der Waals surface area (Å²) >= 11 is 0. The van der Waals surface area contributed by atoms with Crippen molar-refractivity contribution < 1.29 is 22.7 Å². The molecule has 21 heavy (non-hydrogen) atoms. The molecular weight excluding hydrogens is 285 g/mol. The van der Waals surface area contributed by atoms with Crippen LogP contribution in [0, 0.1) is 0 Å². The van der Waals surface area contributed by atoms with Crippen LogP contribution >= 0.6 is 0 Å². The highest BCUT2D eigenvalue weighted by Crippen LogP contribution is 2.17. The van der Waals surface area contributed by atoms with Crippen LogP contribution in [0.5, 0.6) is 0 Å². The van der Waals surface area contributed by atoms with Gasteiger partial charge in [-0.1, -0.05) is 12.1 Å². The molecule has 0 aliphatic carbocycles. The molecule has 0 aliphatic rings. The number of benzene rings is 1. The molecule has 1 amide bonds. The molecule has 1 atom stereocenters. The summed E-state index contributed by atoms with van der Waals surface area (Å²) in [4.78, 5) is 11.6. The third-order valence-electron chi connectivity index (χ3n) is 2.84. The van der Waals surface area contributed by atoms with Crippen LogP contribution in [0.1, 0.15) is 24.9 Å². The van der Waals surface area contributed by atoms with Gasteiger partial charge in [0.1, 0.15) is 6.61 Å². The second-order valence-corrected chi connectivity index (χ2v) is 4.60. The Morgan fingerprint density at radius 1 is 1.38 bits per heavy atom. The van der Waals surface area contributed by atoms with Crippen molar-refractivity contribution in [2.24, 2.45) is 0 Å². The molecule has 4 nitrogen and oxygen atoms in total. The number of nitrogens with one attached hydrogen (secondary N) is 2. The van der Waals surface area contributed by atoms with Gasteiger partial charge in [0.05, 0.1) is 13.0 Å². The molecule has 118 valence electrons. The molecule has 0 aliphatic heterocycles. The highest BCUT2D eigenvalue weighted by atomic mass is 19.4. The molecule has 0 fully saturated rings. The minimum absolute atomic E-state index is 0.123. The second-order valence-electron chi connectivity index (χ2n) is 4.60. The molecule has 1 rings (SSSR count). The number of rotatable bonds is 7. The summed E-state index contributed by atoms with van der Waals surface area (Å²) in [5, 5.41) is 5.71. The van der Waals surface area contributed by atoms with Gasteiger partial charge in [0.25, 0.3) is 0 Å². The lowest BCUT2D eigenvalue weighted by atomic mass is 10.1. The average molecular weight is 304 g/mol. The third-order valence-corrected chi connectivity index (χ3v) is 2.84. The van der Waals surface area contributed by atoms with E-state index < -0.39 is 12.8 Å². The minimum Gasteiger partial charge on any atom is -0.372 e. The Balaban J connectivity index is 2.41. The molecular formula is C14H19F3N2O2. The van der Waals surface area contributed by atoms with E-state index in [0.29, 0.717) is 5.69 Å².